The first-order valence-electron chi connectivity index (χ1n) is 6.16. The molecule has 2 rings (SSSR count). The van der Waals surface area contributed by atoms with Gasteiger partial charge in [-0.3, -0.25) is 4.79 Å². The van der Waals surface area contributed by atoms with Gasteiger partial charge in [0.15, 0.2) is 5.79 Å². The molecule has 0 aromatic rings. The Morgan fingerprint density at radius 1 is 1.47 bits per heavy atom. The zero-order chi connectivity index (χ0) is 12.5. The van der Waals surface area contributed by atoms with Crippen molar-refractivity contribution in [2.45, 2.75) is 61.5 Å². The van der Waals surface area contributed by atoms with Crippen molar-refractivity contribution in [1.82, 2.24) is 0 Å². The van der Waals surface area contributed by atoms with Crippen LogP contribution < -0.4 is 0 Å². The molecule has 0 radical (unpaired) electrons. The summed E-state index contributed by atoms with van der Waals surface area (Å²) in [5.41, 5.74) is 0. The zero-order valence-electron chi connectivity index (χ0n) is 10.3. The van der Waals surface area contributed by atoms with Crippen LogP contribution in [-0.2, 0) is 19.0 Å². The number of hydrogen-bond acceptors (Lipinski definition) is 4. The van der Waals surface area contributed by atoms with Gasteiger partial charge >= 0.3 is 5.97 Å². The fourth-order valence-electron chi connectivity index (χ4n) is 2.61. The molecule has 1 spiro atoms. The predicted molar refractivity (Wildman–Crippen MR) is 71.1 cm³/mol. The van der Waals surface area contributed by atoms with Gasteiger partial charge in [-0.2, -0.15) is 0 Å². The Balaban J connectivity index is 2.12. The van der Waals surface area contributed by atoms with Crippen LogP contribution in [0.5, 0.6) is 0 Å². The highest BCUT2D eigenvalue weighted by atomic mass is 127. The molecule has 98 valence electrons. The molecule has 0 aromatic carbocycles. The minimum Gasteiger partial charge on any atom is -0.461 e. The van der Waals surface area contributed by atoms with Crippen LogP contribution in [0.4, 0.5) is 0 Å². The van der Waals surface area contributed by atoms with Crippen molar-refractivity contribution in [3.8, 4) is 0 Å². The third-order valence-electron chi connectivity index (χ3n) is 3.29. The number of halogens is 1. The molecular formula is C12H19IO4. The molecule has 2 saturated heterocycles. The van der Waals surface area contributed by atoms with E-state index in [1.807, 2.05) is 6.92 Å². The fraction of sp³-hybridized carbons (Fsp3) is 0.917. The molecule has 0 amide bonds. The van der Waals surface area contributed by atoms with Crippen LogP contribution >= 0.6 is 22.6 Å². The first-order chi connectivity index (χ1) is 8.03. The van der Waals surface area contributed by atoms with Gasteiger partial charge < -0.3 is 14.2 Å². The number of carbonyl (C=O) groups excluding carboxylic acids is 1. The summed E-state index contributed by atoms with van der Waals surface area (Å²) < 4.78 is 17.4. The molecule has 5 heteroatoms. The van der Waals surface area contributed by atoms with E-state index >= 15 is 0 Å². The molecule has 17 heavy (non-hydrogen) atoms. The molecule has 2 aliphatic heterocycles. The van der Waals surface area contributed by atoms with Gasteiger partial charge in [0.1, 0.15) is 10.0 Å². The van der Waals surface area contributed by atoms with Crippen LogP contribution in [0.25, 0.3) is 0 Å². The molecule has 4 nitrogen and oxygen atoms in total. The number of hydrogen-bond donors (Lipinski definition) is 0. The number of carbonyl (C=O) groups is 1. The number of ether oxygens (including phenoxy) is 3. The van der Waals surface area contributed by atoms with Crippen molar-refractivity contribution in [3.05, 3.63) is 0 Å². The zero-order valence-corrected chi connectivity index (χ0v) is 12.4. The number of rotatable bonds is 1. The Kier molecular flexibility index (Phi) is 4.31. The molecule has 2 heterocycles. The lowest BCUT2D eigenvalue weighted by Gasteiger charge is -2.48. The molecule has 0 saturated carbocycles. The van der Waals surface area contributed by atoms with Gasteiger partial charge in [-0.05, 0) is 19.8 Å². The van der Waals surface area contributed by atoms with Crippen LogP contribution in [0.3, 0.4) is 0 Å². The quantitative estimate of drug-likeness (QED) is 0.412. The fourth-order valence-corrected chi connectivity index (χ4v) is 3.68. The van der Waals surface area contributed by atoms with Crippen molar-refractivity contribution < 1.29 is 19.0 Å². The monoisotopic (exact) mass is 354 g/mol. The van der Waals surface area contributed by atoms with E-state index < -0.39 is 5.79 Å². The molecule has 2 aliphatic rings. The van der Waals surface area contributed by atoms with Gasteiger partial charge in [0.2, 0.25) is 0 Å². The van der Waals surface area contributed by atoms with Crippen molar-refractivity contribution in [3.63, 3.8) is 0 Å². The average Bonchev–Trinajstić information content (AvgIpc) is 2.26. The van der Waals surface area contributed by atoms with E-state index in [1.165, 1.54) is 6.92 Å². The third-order valence-corrected chi connectivity index (χ3v) is 5.05. The predicted octanol–water partition coefficient (Wildman–Crippen LogP) is 2.43. The molecule has 4 atom stereocenters. The Labute approximate surface area is 116 Å². The number of alkyl halides is 1. The molecule has 0 N–H and O–H groups in total. The van der Waals surface area contributed by atoms with E-state index in [0.717, 1.165) is 32.3 Å². The van der Waals surface area contributed by atoms with Crippen molar-refractivity contribution >= 4 is 28.6 Å². The summed E-state index contributed by atoms with van der Waals surface area (Å²) in [7, 11) is 0. The SMILES string of the molecule is CC(=O)O[C@H]1C[C@H](C)O[C@@]2(CCCCO2)[C@@H]1I. The van der Waals surface area contributed by atoms with Crippen LogP contribution in [0, 0.1) is 0 Å². The topological polar surface area (TPSA) is 44.8 Å². The highest BCUT2D eigenvalue weighted by Crippen LogP contribution is 2.42. The summed E-state index contributed by atoms with van der Waals surface area (Å²) in [6.45, 7) is 4.20. The van der Waals surface area contributed by atoms with E-state index in [9.17, 15) is 4.79 Å². The summed E-state index contributed by atoms with van der Waals surface area (Å²) in [5.74, 6) is -0.770. The lowest BCUT2D eigenvalue weighted by atomic mass is 9.93. The molecule has 0 unspecified atom stereocenters. The Hall–Kier alpha value is 0.120. The highest BCUT2D eigenvalue weighted by molar-refractivity contribution is 14.1. The van der Waals surface area contributed by atoms with E-state index in [2.05, 4.69) is 22.6 Å². The third kappa shape index (κ3) is 2.93. The Morgan fingerprint density at radius 2 is 2.24 bits per heavy atom. The van der Waals surface area contributed by atoms with Gasteiger partial charge in [0, 0.05) is 19.8 Å². The van der Waals surface area contributed by atoms with Gasteiger partial charge in [-0.15, -0.1) is 0 Å². The lowest BCUT2D eigenvalue weighted by Crippen LogP contribution is -2.58. The van der Waals surface area contributed by atoms with Gasteiger partial charge in [-0.1, -0.05) is 22.6 Å². The van der Waals surface area contributed by atoms with Gasteiger partial charge in [0.05, 0.1) is 12.7 Å². The first kappa shape index (κ1) is 13.5. The average molecular weight is 354 g/mol. The van der Waals surface area contributed by atoms with Crippen LogP contribution in [0.1, 0.15) is 39.5 Å². The summed E-state index contributed by atoms with van der Waals surface area (Å²) >= 11 is 2.31. The van der Waals surface area contributed by atoms with Crippen molar-refractivity contribution in [2.24, 2.45) is 0 Å². The maximum Gasteiger partial charge on any atom is 0.302 e. The standard InChI is InChI=1S/C12H19IO4/c1-8-7-10(16-9(2)14)11(13)12(17-8)5-3-4-6-15-12/h8,10-11H,3-7H2,1-2H3/t8-,10-,11+,12-/m0/s1. The van der Waals surface area contributed by atoms with E-state index in [-0.39, 0.29) is 22.1 Å². The smallest absolute Gasteiger partial charge is 0.302 e. The molecule has 0 aromatic heterocycles. The Bertz CT molecular complexity index is 288. The lowest BCUT2D eigenvalue weighted by molar-refractivity contribution is -0.299. The maximum atomic E-state index is 11.1. The minimum absolute atomic E-state index is 0.0699. The van der Waals surface area contributed by atoms with Crippen molar-refractivity contribution in [1.29, 1.82) is 0 Å². The van der Waals surface area contributed by atoms with Crippen molar-refractivity contribution in [2.75, 3.05) is 6.61 Å². The van der Waals surface area contributed by atoms with Gasteiger partial charge in [-0.25, -0.2) is 0 Å². The summed E-state index contributed by atoms with van der Waals surface area (Å²) in [5, 5.41) is 0. The van der Waals surface area contributed by atoms with Crippen LogP contribution in [0.2, 0.25) is 0 Å². The normalized spacial score (nSPS) is 42.4. The van der Waals surface area contributed by atoms with E-state index in [0.29, 0.717) is 0 Å². The summed E-state index contributed by atoms with van der Waals surface area (Å²) in [6, 6.07) is 0. The number of esters is 1. The second kappa shape index (κ2) is 5.40. The van der Waals surface area contributed by atoms with E-state index in [4.69, 9.17) is 14.2 Å². The maximum absolute atomic E-state index is 11.1. The second-order valence-electron chi connectivity index (χ2n) is 4.83. The second-order valence-corrected chi connectivity index (χ2v) is 6.17. The molecule has 2 fully saturated rings. The minimum atomic E-state index is -0.545. The molecular weight excluding hydrogens is 335 g/mol. The highest BCUT2D eigenvalue weighted by Gasteiger charge is 2.51. The summed E-state index contributed by atoms with van der Waals surface area (Å²) in [6.07, 6.45) is 3.81. The molecule has 0 aliphatic carbocycles. The van der Waals surface area contributed by atoms with Crippen LogP contribution in [0.15, 0.2) is 0 Å². The van der Waals surface area contributed by atoms with Crippen LogP contribution in [-0.4, -0.2) is 34.5 Å². The molecule has 0 bridgehead atoms. The first-order valence-corrected chi connectivity index (χ1v) is 7.41. The summed E-state index contributed by atoms with van der Waals surface area (Å²) in [4.78, 5) is 11.1. The largest absolute Gasteiger partial charge is 0.461 e. The Morgan fingerprint density at radius 3 is 2.82 bits per heavy atom. The van der Waals surface area contributed by atoms with E-state index in [1.54, 1.807) is 0 Å². The van der Waals surface area contributed by atoms with Gasteiger partial charge in [0.25, 0.3) is 0 Å².